The van der Waals surface area contributed by atoms with Gasteiger partial charge < -0.3 is 10.1 Å². The van der Waals surface area contributed by atoms with Crippen LogP contribution in [-0.4, -0.2) is 19.7 Å². The second kappa shape index (κ2) is 6.05. The Kier molecular flexibility index (Phi) is 4.69. The molecule has 2 atom stereocenters. The third kappa shape index (κ3) is 2.94. The molecule has 1 aromatic carbocycles. The molecule has 17 heavy (non-hydrogen) atoms. The lowest BCUT2D eigenvalue weighted by Crippen LogP contribution is -2.24. The predicted molar refractivity (Wildman–Crippen MR) is 71.8 cm³/mol. The molecule has 0 spiro atoms. The number of nitrogens with one attached hydrogen (secondary N) is 1. The van der Waals surface area contributed by atoms with E-state index in [0.29, 0.717) is 16.0 Å². The fraction of sp³-hybridized carbons (Fsp3) is 0.538. The van der Waals surface area contributed by atoms with Crippen LogP contribution in [0.5, 0.6) is 0 Å². The molecule has 1 aliphatic rings. The largest absolute Gasteiger partial charge is 0.373 e. The molecule has 94 valence electrons. The van der Waals surface area contributed by atoms with Gasteiger partial charge in [-0.05, 0) is 19.0 Å². The van der Waals surface area contributed by atoms with Gasteiger partial charge in [0.1, 0.15) is 0 Å². The Morgan fingerprint density at radius 3 is 3.00 bits per heavy atom. The van der Waals surface area contributed by atoms with Crippen molar-refractivity contribution in [1.82, 2.24) is 5.32 Å². The molecule has 1 fully saturated rings. The van der Waals surface area contributed by atoms with Crippen LogP contribution in [-0.2, 0) is 4.74 Å². The maximum atomic E-state index is 6.24. The van der Waals surface area contributed by atoms with Crippen LogP contribution < -0.4 is 5.32 Å². The van der Waals surface area contributed by atoms with Gasteiger partial charge in [-0.3, -0.25) is 0 Å². The molecule has 1 aliphatic heterocycles. The molecule has 4 heteroatoms. The lowest BCUT2D eigenvalue weighted by molar-refractivity contribution is 0.0907. The third-order valence-electron chi connectivity index (χ3n) is 3.16. The predicted octanol–water partition coefficient (Wildman–Crippen LogP) is 3.68. The van der Waals surface area contributed by atoms with Gasteiger partial charge in [0, 0.05) is 24.6 Å². The SMILES string of the molecule is CCNCC1CCOC1c1cccc(Cl)c1Cl. The quantitative estimate of drug-likeness (QED) is 0.904. The molecule has 1 N–H and O–H groups in total. The number of benzene rings is 1. The van der Waals surface area contributed by atoms with E-state index in [9.17, 15) is 0 Å². The van der Waals surface area contributed by atoms with E-state index in [2.05, 4.69) is 12.2 Å². The Morgan fingerprint density at radius 2 is 2.24 bits per heavy atom. The maximum Gasteiger partial charge on any atom is 0.0880 e. The molecule has 2 unspecified atom stereocenters. The summed E-state index contributed by atoms with van der Waals surface area (Å²) in [6, 6.07) is 5.74. The zero-order valence-electron chi connectivity index (χ0n) is 9.88. The average Bonchev–Trinajstić information content (AvgIpc) is 2.78. The highest BCUT2D eigenvalue weighted by molar-refractivity contribution is 6.42. The summed E-state index contributed by atoms with van der Waals surface area (Å²) in [7, 11) is 0. The van der Waals surface area contributed by atoms with Crippen LogP contribution >= 0.6 is 23.2 Å². The van der Waals surface area contributed by atoms with Crippen LogP contribution in [0, 0.1) is 5.92 Å². The highest BCUT2D eigenvalue weighted by Crippen LogP contribution is 2.39. The molecular weight excluding hydrogens is 257 g/mol. The van der Waals surface area contributed by atoms with E-state index in [1.807, 2.05) is 18.2 Å². The van der Waals surface area contributed by atoms with Gasteiger partial charge in [-0.2, -0.15) is 0 Å². The number of rotatable bonds is 4. The summed E-state index contributed by atoms with van der Waals surface area (Å²) in [5, 5.41) is 4.59. The van der Waals surface area contributed by atoms with Crippen molar-refractivity contribution >= 4 is 23.2 Å². The highest BCUT2D eigenvalue weighted by Gasteiger charge is 2.30. The molecule has 2 nitrogen and oxygen atoms in total. The minimum atomic E-state index is 0.0697. The lowest BCUT2D eigenvalue weighted by atomic mass is 9.95. The van der Waals surface area contributed by atoms with Crippen molar-refractivity contribution in [1.29, 1.82) is 0 Å². The van der Waals surface area contributed by atoms with Crippen molar-refractivity contribution in [2.75, 3.05) is 19.7 Å². The topological polar surface area (TPSA) is 21.3 Å². The van der Waals surface area contributed by atoms with Crippen molar-refractivity contribution in [3.8, 4) is 0 Å². The van der Waals surface area contributed by atoms with E-state index < -0.39 is 0 Å². The van der Waals surface area contributed by atoms with Gasteiger partial charge >= 0.3 is 0 Å². The summed E-state index contributed by atoms with van der Waals surface area (Å²) in [5.41, 5.74) is 1.01. The minimum Gasteiger partial charge on any atom is -0.373 e. The molecule has 1 saturated heterocycles. The average molecular weight is 274 g/mol. The van der Waals surface area contributed by atoms with Crippen LogP contribution in [0.4, 0.5) is 0 Å². The van der Waals surface area contributed by atoms with Gasteiger partial charge in [-0.15, -0.1) is 0 Å². The van der Waals surface area contributed by atoms with Crippen molar-refractivity contribution in [2.24, 2.45) is 5.92 Å². The van der Waals surface area contributed by atoms with Gasteiger partial charge in [0.05, 0.1) is 16.1 Å². The molecule has 0 aliphatic carbocycles. The van der Waals surface area contributed by atoms with E-state index in [-0.39, 0.29) is 6.10 Å². The Balaban J connectivity index is 2.17. The van der Waals surface area contributed by atoms with Gasteiger partial charge in [0.25, 0.3) is 0 Å². The first-order valence-electron chi connectivity index (χ1n) is 6.00. The standard InChI is InChI=1S/C13H17Cl2NO/c1-2-16-8-9-6-7-17-13(9)10-4-3-5-11(14)12(10)15/h3-5,9,13,16H,2,6-8H2,1H3. The van der Waals surface area contributed by atoms with Crippen molar-refractivity contribution in [3.63, 3.8) is 0 Å². The van der Waals surface area contributed by atoms with Gasteiger partial charge in [-0.1, -0.05) is 42.3 Å². The molecule has 2 rings (SSSR count). The van der Waals surface area contributed by atoms with E-state index >= 15 is 0 Å². The van der Waals surface area contributed by atoms with Gasteiger partial charge in [0.2, 0.25) is 0 Å². The fourth-order valence-corrected chi connectivity index (χ4v) is 2.67. The second-order valence-electron chi connectivity index (χ2n) is 4.29. The molecule has 0 bridgehead atoms. The van der Waals surface area contributed by atoms with Crippen molar-refractivity contribution < 1.29 is 4.74 Å². The number of hydrogen-bond acceptors (Lipinski definition) is 2. The molecule has 1 heterocycles. The smallest absolute Gasteiger partial charge is 0.0880 e. The number of hydrogen-bond donors (Lipinski definition) is 1. The van der Waals surface area contributed by atoms with Crippen LogP contribution in [0.3, 0.4) is 0 Å². The summed E-state index contributed by atoms with van der Waals surface area (Å²) in [6.45, 7) is 4.84. The third-order valence-corrected chi connectivity index (χ3v) is 3.99. The number of halogens is 2. The van der Waals surface area contributed by atoms with E-state index in [1.54, 1.807) is 0 Å². The lowest BCUT2D eigenvalue weighted by Gasteiger charge is -2.20. The molecule has 0 radical (unpaired) electrons. The van der Waals surface area contributed by atoms with Crippen LogP contribution in [0.2, 0.25) is 10.0 Å². The Labute approximate surface area is 112 Å². The van der Waals surface area contributed by atoms with Crippen LogP contribution in [0.25, 0.3) is 0 Å². The molecule has 0 amide bonds. The normalized spacial score (nSPS) is 24.2. The maximum absolute atomic E-state index is 6.24. The van der Waals surface area contributed by atoms with Crippen LogP contribution in [0.15, 0.2) is 18.2 Å². The summed E-state index contributed by atoms with van der Waals surface area (Å²) < 4.78 is 5.80. The zero-order chi connectivity index (χ0) is 12.3. The molecule has 0 saturated carbocycles. The summed E-state index contributed by atoms with van der Waals surface area (Å²) >= 11 is 12.3. The molecule has 1 aromatic rings. The summed E-state index contributed by atoms with van der Waals surface area (Å²) in [6.07, 6.45) is 1.14. The first-order chi connectivity index (χ1) is 8.24. The van der Waals surface area contributed by atoms with E-state index in [0.717, 1.165) is 31.7 Å². The fourth-order valence-electron chi connectivity index (χ4n) is 2.26. The molecular formula is C13H17Cl2NO. The Hall–Kier alpha value is -0.280. The number of ether oxygens (including phenoxy) is 1. The van der Waals surface area contributed by atoms with Crippen molar-refractivity contribution in [3.05, 3.63) is 33.8 Å². The Morgan fingerprint density at radius 1 is 1.41 bits per heavy atom. The van der Waals surface area contributed by atoms with Crippen LogP contribution in [0.1, 0.15) is 25.0 Å². The summed E-state index contributed by atoms with van der Waals surface area (Å²) in [5.74, 6) is 0.478. The minimum absolute atomic E-state index is 0.0697. The van der Waals surface area contributed by atoms with Gasteiger partial charge in [0.15, 0.2) is 0 Å². The monoisotopic (exact) mass is 273 g/mol. The second-order valence-corrected chi connectivity index (χ2v) is 5.08. The van der Waals surface area contributed by atoms with E-state index in [1.165, 1.54) is 0 Å². The zero-order valence-corrected chi connectivity index (χ0v) is 11.4. The first kappa shape index (κ1) is 13.2. The first-order valence-corrected chi connectivity index (χ1v) is 6.76. The van der Waals surface area contributed by atoms with Gasteiger partial charge in [-0.25, -0.2) is 0 Å². The van der Waals surface area contributed by atoms with E-state index in [4.69, 9.17) is 27.9 Å². The summed E-state index contributed by atoms with van der Waals surface area (Å²) in [4.78, 5) is 0. The Bertz CT molecular complexity index is 384. The highest BCUT2D eigenvalue weighted by atomic mass is 35.5. The molecule has 0 aromatic heterocycles. The van der Waals surface area contributed by atoms with Crippen molar-refractivity contribution in [2.45, 2.75) is 19.4 Å².